The molecule has 0 aromatic heterocycles. The molecule has 1 N–H and O–H groups in total. The molecule has 3 nitrogen and oxygen atoms in total. The molecule has 1 aromatic carbocycles. The van der Waals surface area contributed by atoms with E-state index in [1.54, 1.807) is 12.1 Å². The second-order valence-electron chi connectivity index (χ2n) is 4.49. The van der Waals surface area contributed by atoms with Crippen LogP contribution in [0.25, 0.3) is 0 Å². The van der Waals surface area contributed by atoms with Crippen LogP contribution in [0.4, 0.5) is 4.39 Å². The lowest BCUT2D eigenvalue weighted by Gasteiger charge is -2.20. The van der Waals surface area contributed by atoms with Crippen molar-refractivity contribution in [1.82, 2.24) is 10.2 Å². The lowest BCUT2D eigenvalue weighted by molar-refractivity contribution is 0.493. The highest BCUT2D eigenvalue weighted by Crippen LogP contribution is 2.09. The van der Waals surface area contributed by atoms with Gasteiger partial charge in [-0.05, 0) is 37.5 Å². The van der Waals surface area contributed by atoms with Gasteiger partial charge >= 0.3 is 0 Å². The molecule has 0 spiro atoms. The predicted octanol–water partition coefficient (Wildman–Crippen LogP) is 2.39. The Morgan fingerprint density at radius 3 is 2.56 bits per heavy atom. The summed E-state index contributed by atoms with van der Waals surface area (Å²) < 4.78 is 12.8. The number of nitrogens with zero attached hydrogens (tertiary/aromatic N) is 2. The first-order chi connectivity index (χ1) is 8.79. The Bertz CT molecular complexity index is 394. The smallest absolute Gasteiger partial charge is 0.194 e. The van der Waals surface area contributed by atoms with E-state index in [1.165, 1.54) is 25.0 Å². The molecule has 1 saturated heterocycles. The lowest BCUT2D eigenvalue weighted by atomic mass is 10.2. The van der Waals surface area contributed by atoms with Gasteiger partial charge in [0.1, 0.15) is 5.82 Å². The van der Waals surface area contributed by atoms with Crippen LogP contribution in [0.2, 0.25) is 0 Å². The standard InChI is InChI=1S/C14H20FN3/c1-2-16-14(18-9-3-4-10-18)17-11-12-5-7-13(15)8-6-12/h5-8H,2-4,9-11H2,1H3,(H,16,17). The Morgan fingerprint density at radius 1 is 1.28 bits per heavy atom. The van der Waals surface area contributed by atoms with E-state index in [0.717, 1.165) is 31.2 Å². The molecule has 0 bridgehead atoms. The molecule has 1 aromatic rings. The van der Waals surface area contributed by atoms with Crippen molar-refractivity contribution < 1.29 is 4.39 Å². The first-order valence-electron chi connectivity index (χ1n) is 6.57. The highest BCUT2D eigenvalue weighted by molar-refractivity contribution is 5.80. The SMILES string of the molecule is CCNC(=NCc1ccc(F)cc1)N1CCCC1. The van der Waals surface area contributed by atoms with Crippen LogP contribution in [0.15, 0.2) is 29.3 Å². The zero-order chi connectivity index (χ0) is 12.8. The van der Waals surface area contributed by atoms with E-state index in [4.69, 9.17) is 0 Å². The van der Waals surface area contributed by atoms with Gasteiger partial charge in [-0.15, -0.1) is 0 Å². The van der Waals surface area contributed by atoms with Crippen LogP contribution < -0.4 is 5.32 Å². The van der Waals surface area contributed by atoms with Gasteiger partial charge in [0.2, 0.25) is 0 Å². The number of benzene rings is 1. The van der Waals surface area contributed by atoms with Crippen molar-refractivity contribution in [2.75, 3.05) is 19.6 Å². The van der Waals surface area contributed by atoms with E-state index in [9.17, 15) is 4.39 Å². The molecule has 18 heavy (non-hydrogen) atoms. The normalized spacial score (nSPS) is 16.1. The average molecular weight is 249 g/mol. The number of hydrogen-bond acceptors (Lipinski definition) is 1. The maximum atomic E-state index is 12.8. The fourth-order valence-electron chi connectivity index (χ4n) is 2.11. The summed E-state index contributed by atoms with van der Waals surface area (Å²) >= 11 is 0. The number of halogens is 1. The van der Waals surface area contributed by atoms with Gasteiger partial charge in [0.15, 0.2) is 5.96 Å². The molecule has 2 rings (SSSR count). The number of hydrogen-bond donors (Lipinski definition) is 1. The number of rotatable bonds is 3. The van der Waals surface area contributed by atoms with Crippen molar-refractivity contribution >= 4 is 5.96 Å². The second-order valence-corrected chi connectivity index (χ2v) is 4.49. The first-order valence-corrected chi connectivity index (χ1v) is 6.57. The van der Waals surface area contributed by atoms with Crippen molar-refractivity contribution in [1.29, 1.82) is 0 Å². The molecule has 0 atom stereocenters. The van der Waals surface area contributed by atoms with Gasteiger partial charge in [-0.25, -0.2) is 9.38 Å². The molecule has 0 unspecified atom stereocenters. The molecule has 0 saturated carbocycles. The van der Waals surface area contributed by atoms with Gasteiger partial charge in [-0.2, -0.15) is 0 Å². The van der Waals surface area contributed by atoms with Gasteiger partial charge in [-0.3, -0.25) is 0 Å². The summed E-state index contributed by atoms with van der Waals surface area (Å²) in [6.07, 6.45) is 2.47. The molecule has 0 amide bonds. The maximum Gasteiger partial charge on any atom is 0.194 e. The molecular weight excluding hydrogens is 229 g/mol. The number of likely N-dealkylation sites (tertiary alicyclic amines) is 1. The zero-order valence-corrected chi connectivity index (χ0v) is 10.8. The van der Waals surface area contributed by atoms with Crippen LogP contribution in [-0.4, -0.2) is 30.5 Å². The van der Waals surface area contributed by atoms with Gasteiger partial charge in [0, 0.05) is 19.6 Å². The predicted molar refractivity (Wildman–Crippen MR) is 72.0 cm³/mol. The Kier molecular flexibility index (Phi) is 4.56. The Labute approximate surface area is 108 Å². The van der Waals surface area contributed by atoms with Crippen molar-refractivity contribution in [2.24, 2.45) is 4.99 Å². The molecule has 1 fully saturated rings. The largest absolute Gasteiger partial charge is 0.357 e. The number of guanidine groups is 1. The Balaban J connectivity index is 2.00. The molecule has 98 valence electrons. The minimum atomic E-state index is -0.200. The minimum absolute atomic E-state index is 0.200. The topological polar surface area (TPSA) is 27.6 Å². The summed E-state index contributed by atoms with van der Waals surface area (Å²) in [6, 6.07) is 6.53. The van der Waals surface area contributed by atoms with Gasteiger partial charge in [0.25, 0.3) is 0 Å². The number of aliphatic imine (C=N–C) groups is 1. The summed E-state index contributed by atoms with van der Waals surface area (Å²) in [4.78, 5) is 6.89. The van der Waals surface area contributed by atoms with E-state index in [2.05, 4.69) is 22.1 Å². The van der Waals surface area contributed by atoms with E-state index in [0.29, 0.717) is 6.54 Å². The zero-order valence-electron chi connectivity index (χ0n) is 10.8. The van der Waals surface area contributed by atoms with E-state index >= 15 is 0 Å². The third kappa shape index (κ3) is 3.45. The summed E-state index contributed by atoms with van der Waals surface area (Å²) in [7, 11) is 0. The first kappa shape index (κ1) is 12.9. The summed E-state index contributed by atoms with van der Waals surface area (Å²) in [6.45, 7) is 5.70. The van der Waals surface area contributed by atoms with Gasteiger partial charge < -0.3 is 10.2 Å². The van der Waals surface area contributed by atoms with Crippen molar-refractivity contribution in [3.63, 3.8) is 0 Å². The quantitative estimate of drug-likeness (QED) is 0.658. The van der Waals surface area contributed by atoms with Gasteiger partial charge in [-0.1, -0.05) is 12.1 Å². The molecular formula is C14H20FN3. The molecule has 1 heterocycles. The van der Waals surface area contributed by atoms with Crippen LogP contribution in [0, 0.1) is 5.82 Å². The summed E-state index contributed by atoms with van der Waals surface area (Å²) in [5.74, 6) is 0.772. The third-order valence-corrected chi connectivity index (χ3v) is 3.07. The fraction of sp³-hybridized carbons (Fsp3) is 0.500. The highest BCUT2D eigenvalue weighted by atomic mass is 19.1. The molecule has 1 aliphatic rings. The Morgan fingerprint density at radius 2 is 1.94 bits per heavy atom. The monoisotopic (exact) mass is 249 g/mol. The van der Waals surface area contributed by atoms with E-state index in [-0.39, 0.29) is 5.82 Å². The fourth-order valence-corrected chi connectivity index (χ4v) is 2.11. The Hall–Kier alpha value is -1.58. The third-order valence-electron chi connectivity index (χ3n) is 3.07. The van der Waals surface area contributed by atoms with E-state index in [1.807, 2.05) is 0 Å². The molecule has 0 radical (unpaired) electrons. The van der Waals surface area contributed by atoms with Crippen LogP contribution in [0.5, 0.6) is 0 Å². The van der Waals surface area contributed by atoms with Crippen molar-refractivity contribution in [3.05, 3.63) is 35.6 Å². The second kappa shape index (κ2) is 6.38. The maximum absolute atomic E-state index is 12.8. The van der Waals surface area contributed by atoms with Crippen molar-refractivity contribution in [3.8, 4) is 0 Å². The minimum Gasteiger partial charge on any atom is -0.357 e. The summed E-state index contributed by atoms with van der Waals surface area (Å²) in [5, 5.41) is 3.31. The van der Waals surface area contributed by atoms with Crippen molar-refractivity contribution in [2.45, 2.75) is 26.3 Å². The average Bonchev–Trinajstić information content (AvgIpc) is 2.90. The van der Waals surface area contributed by atoms with Crippen LogP contribution in [0.3, 0.4) is 0 Å². The van der Waals surface area contributed by atoms with Gasteiger partial charge in [0.05, 0.1) is 6.54 Å². The highest BCUT2D eigenvalue weighted by Gasteiger charge is 2.15. The van der Waals surface area contributed by atoms with Crippen LogP contribution in [-0.2, 0) is 6.54 Å². The molecule has 1 aliphatic heterocycles. The lowest BCUT2D eigenvalue weighted by Crippen LogP contribution is -2.39. The van der Waals surface area contributed by atoms with E-state index < -0.39 is 0 Å². The van der Waals surface area contributed by atoms with Crippen LogP contribution in [0.1, 0.15) is 25.3 Å². The summed E-state index contributed by atoms with van der Waals surface area (Å²) in [5.41, 5.74) is 1.03. The molecule has 4 heteroatoms. The van der Waals surface area contributed by atoms with Crippen LogP contribution >= 0.6 is 0 Å². The number of nitrogens with one attached hydrogen (secondary N) is 1. The molecule has 0 aliphatic carbocycles.